The van der Waals surface area contributed by atoms with Crippen LogP contribution in [0.3, 0.4) is 0 Å². The van der Waals surface area contributed by atoms with E-state index in [1.165, 1.54) is 4.90 Å². The molecule has 0 radical (unpaired) electrons. The highest BCUT2D eigenvalue weighted by Gasteiger charge is 2.00. The number of benzene rings is 2. The van der Waals surface area contributed by atoms with Gasteiger partial charge in [0.25, 0.3) is 0 Å². The molecule has 1 N–H and O–H groups in total. The normalized spacial score (nSPS) is 9.81. The summed E-state index contributed by atoms with van der Waals surface area (Å²) >= 11 is 1.57. The summed E-state index contributed by atoms with van der Waals surface area (Å²) in [4.78, 5) is 1.17. The van der Waals surface area contributed by atoms with Crippen molar-refractivity contribution in [1.82, 2.24) is 0 Å². The zero-order valence-corrected chi connectivity index (χ0v) is 9.83. The highest BCUT2D eigenvalue weighted by atomic mass is 32.2. The van der Waals surface area contributed by atoms with E-state index in [1.807, 2.05) is 42.5 Å². The van der Waals surface area contributed by atoms with Gasteiger partial charge in [-0.2, -0.15) is 0 Å². The van der Waals surface area contributed by atoms with E-state index in [2.05, 4.69) is 16.9 Å². The molecule has 0 aromatic heterocycles. The third kappa shape index (κ3) is 2.70. The summed E-state index contributed by atoms with van der Waals surface area (Å²) in [5.41, 5.74) is 0.985. The molecule has 0 bridgehead atoms. The van der Waals surface area contributed by atoms with Crippen LogP contribution in [-0.4, -0.2) is 7.11 Å². The van der Waals surface area contributed by atoms with Gasteiger partial charge in [0.1, 0.15) is 5.75 Å². The fraction of sp³-hybridized carbons (Fsp3) is 0.0769. The molecule has 82 valence electrons. The first-order chi connectivity index (χ1) is 7.90. The van der Waals surface area contributed by atoms with E-state index in [1.54, 1.807) is 19.1 Å². The van der Waals surface area contributed by atoms with E-state index in [9.17, 15) is 0 Å². The summed E-state index contributed by atoms with van der Waals surface area (Å²) in [6.07, 6.45) is 0. The van der Waals surface area contributed by atoms with Gasteiger partial charge < -0.3 is 9.46 Å². The van der Waals surface area contributed by atoms with Crippen molar-refractivity contribution in [2.75, 3.05) is 11.8 Å². The lowest BCUT2D eigenvalue weighted by atomic mass is 10.3. The van der Waals surface area contributed by atoms with Crippen molar-refractivity contribution in [3.05, 3.63) is 54.6 Å². The quantitative estimate of drug-likeness (QED) is 0.808. The van der Waals surface area contributed by atoms with Gasteiger partial charge in [-0.15, -0.1) is 0 Å². The fourth-order valence-electron chi connectivity index (χ4n) is 1.33. The van der Waals surface area contributed by atoms with Crippen molar-refractivity contribution in [2.45, 2.75) is 4.90 Å². The van der Waals surface area contributed by atoms with Crippen molar-refractivity contribution >= 4 is 17.6 Å². The molecule has 0 heterocycles. The third-order valence-corrected chi connectivity index (χ3v) is 2.96. The molecule has 2 aromatic carbocycles. The van der Waals surface area contributed by atoms with Crippen LogP contribution in [0.2, 0.25) is 0 Å². The van der Waals surface area contributed by atoms with Crippen molar-refractivity contribution < 1.29 is 4.74 Å². The average Bonchev–Trinajstić information content (AvgIpc) is 2.38. The topological polar surface area (TPSA) is 21.3 Å². The molecule has 3 heteroatoms. The molecule has 0 spiro atoms. The van der Waals surface area contributed by atoms with Gasteiger partial charge in [-0.3, -0.25) is 0 Å². The Balaban J connectivity index is 2.05. The summed E-state index contributed by atoms with van der Waals surface area (Å²) in [5.74, 6) is 0.853. The van der Waals surface area contributed by atoms with Gasteiger partial charge in [0, 0.05) is 4.90 Å². The second-order valence-electron chi connectivity index (χ2n) is 3.22. The van der Waals surface area contributed by atoms with E-state index in [0.29, 0.717) is 0 Å². The van der Waals surface area contributed by atoms with Gasteiger partial charge in [-0.05, 0) is 36.2 Å². The van der Waals surface area contributed by atoms with Crippen LogP contribution in [0.15, 0.2) is 59.5 Å². The Hall–Kier alpha value is -1.61. The van der Waals surface area contributed by atoms with Crippen molar-refractivity contribution in [3.8, 4) is 5.75 Å². The second-order valence-corrected chi connectivity index (χ2v) is 4.10. The average molecular weight is 231 g/mol. The molecule has 2 aromatic rings. The number of anilines is 1. The smallest absolute Gasteiger partial charge is 0.142 e. The van der Waals surface area contributed by atoms with Crippen molar-refractivity contribution in [2.24, 2.45) is 0 Å². The maximum absolute atomic E-state index is 5.26. The second kappa shape index (κ2) is 5.47. The number of nitrogens with one attached hydrogen (secondary N) is 1. The van der Waals surface area contributed by atoms with Crippen molar-refractivity contribution in [1.29, 1.82) is 0 Å². The lowest BCUT2D eigenvalue weighted by Gasteiger charge is -2.09. The van der Waals surface area contributed by atoms with Crippen LogP contribution < -0.4 is 9.46 Å². The molecule has 2 nitrogen and oxygen atoms in total. The molecule has 0 unspecified atom stereocenters. The molecule has 0 aliphatic rings. The lowest BCUT2D eigenvalue weighted by molar-refractivity contribution is 0.417. The maximum Gasteiger partial charge on any atom is 0.142 e. The predicted octanol–water partition coefficient (Wildman–Crippen LogP) is 3.81. The van der Waals surface area contributed by atoms with Crippen LogP contribution >= 0.6 is 11.9 Å². The minimum atomic E-state index is 0.853. The molecule has 16 heavy (non-hydrogen) atoms. The van der Waals surface area contributed by atoms with Gasteiger partial charge >= 0.3 is 0 Å². The van der Waals surface area contributed by atoms with Crippen LogP contribution in [0, 0.1) is 0 Å². The molecule has 0 atom stereocenters. The van der Waals surface area contributed by atoms with Crippen molar-refractivity contribution in [3.63, 3.8) is 0 Å². The van der Waals surface area contributed by atoms with E-state index >= 15 is 0 Å². The summed E-state index contributed by atoms with van der Waals surface area (Å²) in [6.45, 7) is 0. The molecular formula is C13H13NOS. The van der Waals surface area contributed by atoms with E-state index < -0.39 is 0 Å². The number of hydrogen-bond acceptors (Lipinski definition) is 3. The van der Waals surface area contributed by atoms with Gasteiger partial charge in [0.15, 0.2) is 0 Å². The van der Waals surface area contributed by atoms with Crippen LogP contribution in [0.5, 0.6) is 5.75 Å². The minimum absolute atomic E-state index is 0.853. The summed E-state index contributed by atoms with van der Waals surface area (Å²) in [5, 5.41) is 0. The molecule has 0 aliphatic carbocycles. The molecule has 0 amide bonds. The number of ether oxygens (including phenoxy) is 1. The monoisotopic (exact) mass is 231 g/mol. The first-order valence-corrected chi connectivity index (χ1v) is 5.83. The number of hydrogen-bond donors (Lipinski definition) is 1. The van der Waals surface area contributed by atoms with Crippen LogP contribution in [0.25, 0.3) is 0 Å². The van der Waals surface area contributed by atoms with E-state index in [-0.39, 0.29) is 0 Å². The highest BCUT2D eigenvalue weighted by molar-refractivity contribution is 8.00. The van der Waals surface area contributed by atoms with Gasteiger partial charge in [0.2, 0.25) is 0 Å². The molecule has 2 rings (SSSR count). The Labute approximate surface area is 99.8 Å². The SMILES string of the molecule is COc1ccccc1NSc1ccccc1. The Bertz CT molecular complexity index is 445. The molecular weight excluding hydrogens is 218 g/mol. The summed E-state index contributed by atoms with van der Waals surface area (Å²) in [6, 6.07) is 18.0. The highest BCUT2D eigenvalue weighted by Crippen LogP contribution is 2.28. The first-order valence-electron chi connectivity index (χ1n) is 5.01. The van der Waals surface area contributed by atoms with Crippen LogP contribution in [0.1, 0.15) is 0 Å². The van der Waals surface area contributed by atoms with E-state index in [4.69, 9.17) is 4.74 Å². The lowest BCUT2D eigenvalue weighted by Crippen LogP contribution is -1.91. The maximum atomic E-state index is 5.26. The van der Waals surface area contributed by atoms with Crippen LogP contribution in [0.4, 0.5) is 5.69 Å². The Morgan fingerprint density at radius 3 is 2.38 bits per heavy atom. The summed E-state index contributed by atoms with van der Waals surface area (Å²) in [7, 11) is 1.67. The number of para-hydroxylation sites is 2. The van der Waals surface area contributed by atoms with E-state index in [0.717, 1.165) is 11.4 Å². The van der Waals surface area contributed by atoms with Gasteiger partial charge in [-0.25, -0.2) is 0 Å². The van der Waals surface area contributed by atoms with Crippen LogP contribution in [-0.2, 0) is 0 Å². The Morgan fingerprint density at radius 2 is 1.62 bits per heavy atom. The first kappa shape index (κ1) is 10.9. The molecule has 0 saturated carbocycles. The third-order valence-electron chi connectivity index (χ3n) is 2.13. The summed E-state index contributed by atoms with van der Waals surface area (Å²) < 4.78 is 8.53. The Morgan fingerprint density at radius 1 is 0.938 bits per heavy atom. The number of methoxy groups -OCH3 is 1. The largest absolute Gasteiger partial charge is 0.495 e. The predicted molar refractivity (Wildman–Crippen MR) is 68.9 cm³/mol. The zero-order valence-electron chi connectivity index (χ0n) is 9.01. The zero-order chi connectivity index (χ0) is 11.2. The van der Waals surface area contributed by atoms with Gasteiger partial charge in [0.05, 0.1) is 12.8 Å². The van der Waals surface area contributed by atoms with Gasteiger partial charge in [-0.1, -0.05) is 30.3 Å². The number of rotatable bonds is 4. The fourth-order valence-corrected chi connectivity index (χ4v) is 2.02. The Kier molecular flexibility index (Phi) is 3.72. The molecule has 0 saturated heterocycles. The molecule has 0 aliphatic heterocycles. The molecule has 0 fully saturated rings. The standard InChI is InChI=1S/C13H13NOS/c1-15-13-10-6-5-9-12(13)14-16-11-7-3-2-4-8-11/h2-10,14H,1H3. The minimum Gasteiger partial charge on any atom is -0.495 e.